The second-order valence-corrected chi connectivity index (χ2v) is 7.07. The smallest absolute Gasteiger partial charge is 0.0352 e. The summed E-state index contributed by atoms with van der Waals surface area (Å²) in [5.41, 5.74) is 0. The molecule has 102 valence electrons. The van der Waals surface area contributed by atoms with Gasteiger partial charge in [-0.15, -0.1) is 0 Å². The second kappa shape index (κ2) is 6.44. The Morgan fingerprint density at radius 2 is 1.44 bits per heavy atom. The average molecular weight is 246 g/mol. The maximum absolute atomic E-state index is 2.69. The van der Waals surface area contributed by atoms with Gasteiger partial charge in [0.1, 0.15) is 0 Å². The molecule has 0 N–H and O–H groups in total. The summed E-state index contributed by atoms with van der Waals surface area (Å²) in [6.45, 7) is 0. The third-order valence-electron chi connectivity index (χ3n) is 5.97. The zero-order valence-electron chi connectivity index (χ0n) is 11.9. The van der Waals surface area contributed by atoms with E-state index < -0.39 is 0 Å². The van der Waals surface area contributed by atoms with Crippen molar-refractivity contribution < 1.29 is 0 Å². The highest BCUT2D eigenvalue weighted by molar-refractivity contribution is 4.91. The molecule has 3 aliphatic carbocycles. The molecule has 0 bridgehead atoms. The van der Waals surface area contributed by atoms with Crippen LogP contribution in [0, 0.1) is 36.5 Å². The largest absolute Gasteiger partial charge is 0.0530 e. The molecule has 18 heavy (non-hydrogen) atoms. The molecule has 3 rings (SSSR count). The van der Waals surface area contributed by atoms with Crippen molar-refractivity contribution in [2.24, 2.45) is 23.7 Å². The Morgan fingerprint density at radius 1 is 0.611 bits per heavy atom. The van der Waals surface area contributed by atoms with Crippen LogP contribution in [0.25, 0.3) is 0 Å². The molecule has 0 aliphatic heterocycles. The Kier molecular flexibility index (Phi) is 4.65. The van der Waals surface area contributed by atoms with Gasteiger partial charge in [0.05, 0.1) is 0 Å². The van der Waals surface area contributed by atoms with E-state index >= 15 is 0 Å². The maximum atomic E-state index is 2.69. The lowest BCUT2D eigenvalue weighted by atomic mass is 9.65. The summed E-state index contributed by atoms with van der Waals surface area (Å²) >= 11 is 0. The van der Waals surface area contributed by atoms with Crippen molar-refractivity contribution in [2.75, 3.05) is 0 Å². The Morgan fingerprint density at radius 3 is 2.22 bits per heavy atom. The van der Waals surface area contributed by atoms with E-state index in [-0.39, 0.29) is 0 Å². The summed E-state index contributed by atoms with van der Waals surface area (Å²) in [5.74, 6) is 4.24. The van der Waals surface area contributed by atoms with Crippen LogP contribution < -0.4 is 0 Å². The van der Waals surface area contributed by atoms with Crippen molar-refractivity contribution in [3.8, 4) is 0 Å². The van der Waals surface area contributed by atoms with Crippen LogP contribution in [-0.4, -0.2) is 0 Å². The van der Waals surface area contributed by atoms with Crippen LogP contribution in [0.1, 0.15) is 77.0 Å². The first-order chi connectivity index (χ1) is 8.93. The first-order valence-electron chi connectivity index (χ1n) is 8.58. The Balaban J connectivity index is 1.53. The van der Waals surface area contributed by atoms with Gasteiger partial charge in [0, 0.05) is 0 Å². The third kappa shape index (κ3) is 3.11. The minimum Gasteiger partial charge on any atom is -0.0530 e. The highest BCUT2D eigenvalue weighted by Gasteiger charge is 2.33. The van der Waals surface area contributed by atoms with Crippen molar-refractivity contribution in [1.29, 1.82) is 0 Å². The molecule has 0 aromatic rings. The fourth-order valence-corrected chi connectivity index (χ4v) is 4.91. The quantitative estimate of drug-likeness (QED) is 0.596. The van der Waals surface area contributed by atoms with Gasteiger partial charge in [-0.25, -0.2) is 0 Å². The zero-order chi connectivity index (χ0) is 12.2. The van der Waals surface area contributed by atoms with Crippen molar-refractivity contribution in [3.05, 3.63) is 12.8 Å². The molecule has 0 spiro atoms. The summed E-state index contributed by atoms with van der Waals surface area (Å²) in [6.07, 6.45) is 23.1. The Labute approximate surface area is 114 Å². The number of hydrogen-bond acceptors (Lipinski definition) is 0. The Hall–Kier alpha value is 0. The van der Waals surface area contributed by atoms with Crippen molar-refractivity contribution >= 4 is 0 Å². The summed E-state index contributed by atoms with van der Waals surface area (Å²) in [7, 11) is 0. The van der Waals surface area contributed by atoms with E-state index in [2.05, 4.69) is 12.8 Å². The van der Waals surface area contributed by atoms with E-state index in [1.54, 1.807) is 12.8 Å². The van der Waals surface area contributed by atoms with Gasteiger partial charge < -0.3 is 0 Å². The van der Waals surface area contributed by atoms with Crippen LogP contribution in [-0.2, 0) is 0 Å². The molecule has 3 unspecified atom stereocenters. The fraction of sp³-hybridized carbons (Fsp3) is 0.889. The summed E-state index contributed by atoms with van der Waals surface area (Å²) in [6, 6.07) is 0. The van der Waals surface area contributed by atoms with Gasteiger partial charge in [0.15, 0.2) is 0 Å². The topological polar surface area (TPSA) is 0 Å². The zero-order valence-corrected chi connectivity index (χ0v) is 11.9. The van der Waals surface area contributed by atoms with Crippen LogP contribution in [0.5, 0.6) is 0 Å². The van der Waals surface area contributed by atoms with Crippen molar-refractivity contribution in [3.63, 3.8) is 0 Å². The highest BCUT2D eigenvalue weighted by atomic mass is 14.4. The molecule has 3 atom stereocenters. The summed E-state index contributed by atoms with van der Waals surface area (Å²) in [5, 5.41) is 0. The van der Waals surface area contributed by atoms with E-state index in [9.17, 15) is 0 Å². The molecule has 2 radical (unpaired) electrons. The molecule has 3 fully saturated rings. The van der Waals surface area contributed by atoms with E-state index in [1.807, 2.05) is 0 Å². The van der Waals surface area contributed by atoms with E-state index in [1.165, 1.54) is 64.2 Å². The first-order valence-corrected chi connectivity index (χ1v) is 8.58. The van der Waals surface area contributed by atoms with Crippen LogP contribution in [0.15, 0.2) is 0 Å². The number of rotatable bonds is 2. The molecule has 0 heterocycles. The molecule has 3 saturated carbocycles. The second-order valence-electron chi connectivity index (χ2n) is 7.07. The van der Waals surface area contributed by atoms with Crippen LogP contribution in [0.2, 0.25) is 0 Å². The standard InChI is InChI=1S/C18H30/c1-3-8-15(9-4-1)17-12-7-13-18(14-17)16-10-5-2-6-11-16/h1,10,15-18H,2-9,11-14H2. The molecule has 0 heteroatoms. The predicted molar refractivity (Wildman–Crippen MR) is 78.0 cm³/mol. The van der Waals surface area contributed by atoms with E-state index in [0.29, 0.717) is 0 Å². The van der Waals surface area contributed by atoms with Crippen LogP contribution in [0.4, 0.5) is 0 Å². The van der Waals surface area contributed by atoms with E-state index in [0.717, 1.165) is 23.7 Å². The highest BCUT2D eigenvalue weighted by Crippen LogP contribution is 2.44. The average Bonchev–Trinajstić information content (AvgIpc) is 2.49. The monoisotopic (exact) mass is 246 g/mol. The van der Waals surface area contributed by atoms with Gasteiger partial charge in [-0.1, -0.05) is 32.1 Å². The van der Waals surface area contributed by atoms with Gasteiger partial charge in [-0.2, -0.15) is 0 Å². The lowest BCUT2D eigenvalue weighted by molar-refractivity contribution is 0.133. The van der Waals surface area contributed by atoms with Gasteiger partial charge in [-0.3, -0.25) is 0 Å². The molecule has 0 aromatic carbocycles. The van der Waals surface area contributed by atoms with Crippen molar-refractivity contribution in [1.82, 2.24) is 0 Å². The van der Waals surface area contributed by atoms with Gasteiger partial charge in [-0.05, 0) is 81.5 Å². The molecule has 0 nitrogen and oxygen atoms in total. The van der Waals surface area contributed by atoms with E-state index in [4.69, 9.17) is 0 Å². The third-order valence-corrected chi connectivity index (χ3v) is 5.97. The number of hydrogen-bond donors (Lipinski definition) is 0. The molecule has 0 aromatic heterocycles. The summed E-state index contributed by atoms with van der Waals surface area (Å²) in [4.78, 5) is 0. The SMILES string of the molecule is [CH]1CCC(C2CCCC(C3[CH]CCCC3)C2)CC1. The van der Waals surface area contributed by atoms with Gasteiger partial charge >= 0.3 is 0 Å². The predicted octanol–water partition coefficient (Wildman–Crippen LogP) is 5.58. The molecular formula is C18H30. The van der Waals surface area contributed by atoms with Crippen molar-refractivity contribution in [2.45, 2.75) is 77.0 Å². The minimum atomic E-state index is 0.997. The lowest BCUT2D eigenvalue weighted by Gasteiger charge is -2.40. The van der Waals surface area contributed by atoms with Gasteiger partial charge in [0.2, 0.25) is 0 Å². The van der Waals surface area contributed by atoms with Crippen LogP contribution in [0.3, 0.4) is 0 Å². The molecule has 0 saturated heterocycles. The molecule has 0 amide bonds. The fourth-order valence-electron chi connectivity index (χ4n) is 4.91. The van der Waals surface area contributed by atoms with Crippen LogP contribution >= 0.6 is 0 Å². The summed E-state index contributed by atoms with van der Waals surface area (Å²) < 4.78 is 0. The van der Waals surface area contributed by atoms with Gasteiger partial charge in [0.25, 0.3) is 0 Å². The normalized spacial score (nSPS) is 36.7. The minimum absolute atomic E-state index is 0.997. The molecular weight excluding hydrogens is 216 g/mol. The first kappa shape index (κ1) is 13.0. The Bertz CT molecular complexity index is 208. The maximum Gasteiger partial charge on any atom is -0.0352 e. The lowest BCUT2D eigenvalue weighted by Crippen LogP contribution is -2.29. The molecule has 3 aliphatic rings.